The molecule has 0 radical (unpaired) electrons. The second kappa shape index (κ2) is 9.60. The lowest BCUT2D eigenvalue weighted by atomic mass is 9.98. The van der Waals surface area contributed by atoms with E-state index < -0.39 is 11.7 Å². The largest absolute Gasteiger partial charge is 0.492 e. The van der Waals surface area contributed by atoms with E-state index >= 15 is 0 Å². The van der Waals surface area contributed by atoms with E-state index in [9.17, 15) is 18.0 Å². The van der Waals surface area contributed by atoms with Gasteiger partial charge in [-0.3, -0.25) is 9.48 Å². The molecule has 33 heavy (non-hydrogen) atoms. The SMILES string of the molecule is O=C(Nc1ccc(OCCn2cccn2)cc1)c1ccccc1-c1ccc(C(F)(F)F)cc1. The molecule has 5 nitrogen and oxygen atoms in total. The molecule has 1 heterocycles. The van der Waals surface area contributed by atoms with Crippen LogP contribution in [0.3, 0.4) is 0 Å². The maximum atomic E-state index is 12.9. The van der Waals surface area contributed by atoms with Crippen LogP contribution in [0.4, 0.5) is 18.9 Å². The van der Waals surface area contributed by atoms with Gasteiger partial charge in [0.05, 0.1) is 12.1 Å². The summed E-state index contributed by atoms with van der Waals surface area (Å²) >= 11 is 0. The number of nitrogens with one attached hydrogen (secondary N) is 1. The standard InChI is InChI=1S/C25H20F3N3O2/c26-25(27,28)19-8-6-18(7-9-19)22-4-1-2-5-23(22)24(32)30-20-10-12-21(13-11-20)33-17-16-31-15-3-14-29-31/h1-15H,16-17H2,(H,30,32). The molecule has 0 bridgehead atoms. The first-order valence-corrected chi connectivity index (χ1v) is 10.2. The number of rotatable bonds is 7. The summed E-state index contributed by atoms with van der Waals surface area (Å²) in [7, 11) is 0. The quantitative estimate of drug-likeness (QED) is 0.381. The van der Waals surface area contributed by atoms with Crippen molar-refractivity contribution in [3.8, 4) is 16.9 Å². The van der Waals surface area contributed by atoms with Crippen LogP contribution in [0.5, 0.6) is 5.75 Å². The van der Waals surface area contributed by atoms with E-state index in [-0.39, 0.29) is 5.91 Å². The molecule has 168 valence electrons. The van der Waals surface area contributed by atoms with Crippen LogP contribution in [0.15, 0.2) is 91.3 Å². The summed E-state index contributed by atoms with van der Waals surface area (Å²) in [4.78, 5) is 12.9. The predicted molar refractivity (Wildman–Crippen MR) is 119 cm³/mol. The minimum Gasteiger partial charge on any atom is -0.492 e. The van der Waals surface area contributed by atoms with Crippen molar-refractivity contribution in [2.75, 3.05) is 11.9 Å². The molecule has 0 spiro atoms. The Kier molecular flexibility index (Phi) is 6.44. The summed E-state index contributed by atoms with van der Waals surface area (Å²) in [5, 5.41) is 6.93. The van der Waals surface area contributed by atoms with E-state index in [4.69, 9.17) is 4.74 Å². The van der Waals surface area contributed by atoms with Crippen molar-refractivity contribution in [1.29, 1.82) is 0 Å². The number of hydrogen-bond acceptors (Lipinski definition) is 3. The lowest BCUT2D eigenvalue weighted by Gasteiger charge is -2.12. The highest BCUT2D eigenvalue weighted by molar-refractivity contribution is 6.08. The van der Waals surface area contributed by atoms with E-state index in [0.29, 0.717) is 41.3 Å². The van der Waals surface area contributed by atoms with Gasteiger partial charge >= 0.3 is 6.18 Å². The van der Waals surface area contributed by atoms with Gasteiger partial charge in [-0.1, -0.05) is 30.3 Å². The number of benzene rings is 3. The first-order chi connectivity index (χ1) is 15.9. The van der Waals surface area contributed by atoms with Gasteiger partial charge in [0.25, 0.3) is 5.91 Å². The molecule has 8 heteroatoms. The molecule has 0 saturated heterocycles. The van der Waals surface area contributed by atoms with Crippen LogP contribution in [0, 0.1) is 0 Å². The lowest BCUT2D eigenvalue weighted by Crippen LogP contribution is -2.13. The molecule has 1 aromatic heterocycles. The normalized spacial score (nSPS) is 11.2. The number of hydrogen-bond donors (Lipinski definition) is 1. The number of aromatic nitrogens is 2. The van der Waals surface area contributed by atoms with Crippen molar-refractivity contribution >= 4 is 11.6 Å². The third-order valence-electron chi connectivity index (χ3n) is 4.96. The van der Waals surface area contributed by atoms with Crippen molar-refractivity contribution in [3.63, 3.8) is 0 Å². The second-order valence-corrected chi connectivity index (χ2v) is 7.22. The fraction of sp³-hybridized carbons (Fsp3) is 0.120. The third kappa shape index (κ3) is 5.60. The molecule has 0 aliphatic rings. The molecule has 3 aromatic carbocycles. The molecule has 0 aliphatic heterocycles. The Morgan fingerprint density at radius 3 is 2.33 bits per heavy atom. The van der Waals surface area contributed by atoms with Gasteiger partial charge < -0.3 is 10.1 Å². The topological polar surface area (TPSA) is 56.1 Å². The van der Waals surface area contributed by atoms with Crippen molar-refractivity contribution in [2.24, 2.45) is 0 Å². The molecular weight excluding hydrogens is 431 g/mol. The molecule has 0 atom stereocenters. The Balaban J connectivity index is 1.42. The summed E-state index contributed by atoms with van der Waals surface area (Å²) in [5.41, 5.74) is 1.26. The van der Waals surface area contributed by atoms with Crippen LogP contribution in [-0.2, 0) is 12.7 Å². The van der Waals surface area contributed by atoms with Gasteiger partial charge in [-0.15, -0.1) is 0 Å². The summed E-state index contributed by atoms with van der Waals surface area (Å²) in [6.45, 7) is 1.07. The molecular formula is C25H20F3N3O2. The first-order valence-electron chi connectivity index (χ1n) is 10.2. The number of amides is 1. The number of ether oxygens (including phenoxy) is 1. The zero-order valence-electron chi connectivity index (χ0n) is 17.4. The Morgan fingerprint density at radius 2 is 1.67 bits per heavy atom. The molecule has 0 unspecified atom stereocenters. The van der Waals surface area contributed by atoms with Gasteiger partial charge in [0, 0.05) is 23.6 Å². The number of anilines is 1. The minimum absolute atomic E-state index is 0.358. The monoisotopic (exact) mass is 451 g/mol. The van der Waals surface area contributed by atoms with Crippen molar-refractivity contribution in [2.45, 2.75) is 12.7 Å². The van der Waals surface area contributed by atoms with Crippen molar-refractivity contribution < 1.29 is 22.7 Å². The Morgan fingerprint density at radius 1 is 0.939 bits per heavy atom. The first kappa shape index (κ1) is 22.1. The van der Waals surface area contributed by atoms with E-state index in [1.165, 1.54) is 12.1 Å². The average Bonchev–Trinajstić information content (AvgIpc) is 3.33. The summed E-state index contributed by atoms with van der Waals surface area (Å²) in [5.74, 6) is 0.295. The van der Waals surface area contributed by atoms with Gasteiger partial charge in [0.1, 0.15) is 12.4 Å². The molecule has 0 saturated carbocycles. The highest BCUT2D eigenvalue weighted by Gasteiger charge is 2.30. The van der Waals surface area contributed by atoms with E-state index in [0.717, 1.165) is 12.1 Å². The highest BCUT2D eigenvalue weighted by atomic mass is 19.4. The Labute approximate surface area is 188 Å². The van der Waals surface area contributed by atoms with Crippen LogP contribution in [0.1, 0.15) is 15.9 Å². The second-order valence-electron chi connectivity index (χ2n) is 7.22. The molecule has 1 amide bonds. The van der Waals surface area contributed by atoms with Gasteiger partial charge in [-0.05, 0) is 59.7 Å². The molecule has 4 rings (SSSR count). The number of nitrogens with zero attached hydrogens (tertiary/aromatic N) is 2. The lowest BCUT2D eigenvalue weighted by molar-refractivity contribution is -0.137. The van der Waals surface area contributed by atoms with Crippen LogP contribution in [-0.4, -0.2) is 22.3 Å². The number of carbonyl (C=O) groups excluding carboxylic acids is 1. The Hall–Kier alpha value is -4.07. The highest BCUT2D eigenvalue weighted by Crippen LogP contribution is 2.32. The molecule has 0 aliphatic carbocycles. The van der Waals surface area contributed by atoms with Crippen LogP contribution < -0.4 is 10.1 Å². The van der Waals surface area contributed by atoms with Crippen molar-refractivity contribution in [3.05, 3.63) is 102 Å². The average molecular weight is 451 g/mol. The smallest absolute Gasteiger partial charge is 0.416 e. The van der Waals surface area contributed by atoms with Gasteiger partial charge in [0.2, 0.25) is 0 Å². The van der Waals surface area contributed by atoms with E-state index in [1.807, 2.05) is 12.3 Å². The third-order valence-corrected chi connectivity index (χ3v) is 4.96. The molecule has 0 fully saturated rings. The fourth-order valence-electron chi connectivity index (χ4n) is 3.29. The zero-order valence-corrected chi connectivity index (χ0v) is 17.4. The van der Waals surface area contributed by atoms with Gasteiger partial charge in [-0.25, -0.2) is 0 Å². The summed E-state index contributed by atoms with van der Waals surface area (Å²) in [6, 6.07) is 20.3. The number of halogens is 3. The van der Waals surface area contributed by atoms with Crippen molar-refractivity contribution in [1.82, 2.24) is 9.78 Å². The Bertz CT molecular complexity index is 1200. The maximum Gasteiger partial charge on any atom is 0.416 e. The summed E-state index contributed by atoms with van der Waals surface area (Å²) < 4.78 is 46.0. The van der Waals surface area contributed by atoms with E-state index in [1.54, 1.807) is 59.4 Å². The molecule has 1 N–H and O–H groups in total. The van der Waals surface area contributed by atoms with E-state index in [2.05, 4.69) is 10.4 Å². The minimum atomic E-state index is -4.41. The van der Waals surface area contributed by atoms with Crippen LogP contribution in [0.25, 0.3) is 11.1 Å². The maximum absolute atomic E-state index is 12.9. The fourth-order valence-corrected chi connectivity index (χ4v) is 3.29. The van der Waals surface area contributed by atoms with Gasteiger partial charge in [-0.2, -0.15) is 18.3 Å². The van der Waals surface area contributed by atoms with Crippen LogP contribution in [0.2, 0.25) is 0 Å². The van der Waals surface area contributed by atoms with Crippen LogP contribution >= 0.6 is 0 Å². The van der Waals surface area contributed by atoms with Gasteiger partial charge in [0.15, 0.2) is 0 Å². The number of alkyl halides is 3. The zero-order chi connectivity index (χ0) is 23.3. The summed E-state index contributed by atoms with van der Waals surface area (Å²) in [6.07, 6.45) is -0.859. The number of carbonyl (C=O) groups is 1. The molecule has 4 aromatic rings. The predicted octanol–water partition coefficient (Wildman–Crippen LogP) is 5.90.